The summed E-state index contributed by atoms with van der Waals surface area (Å²) in [7, 11) is -2.35. The fourth-order valence-corrected chi connectivity index (χ4v) is 4.50. The number of amides is 1. The van der Waals surface area contributed by atoms with E-state index in [0.717, 1.165) is 4.31 Å². The van der Waals surface area contributed by atoms with Crippen molar-refractivity contribution in [2.45, 2.75) is 18.4 Å². The molecule has 2 aromatic carbocycles. The van der Waals surface area contributed by atoms with Crippen LogP contribution in [0.3, 0.4) is 0 Å². The number of anilines is 1. The van der Waals surface area contributed by atoms with Crippen LogP contribution in [0.2, 0.25) is 0 Å². The van der Waals surface area contributed by atoms with E-state index in [2.05, 4.69) is 5.32 Å². The molecule has 1 N–H and O–H groups in total. The molecular weight excluding hydrogens is 460 g/mol. The second-order valence-corrected chi connectivity index (χ2v) is 9.39. The summed E-state index contributed by atoms with van der Waals surface area (Å²) >= 11 is 0. The highest BCUT2D eigenvalue weighted by atomic mass is 32.2. The maximum Gasteiger partial charge on any atom is 0.376 e. The fraction of sp³-hybridized carbons (Fsp3) is 0.167. The Morgan fingerprint density at radius 1 is 1.03 bits per heavy atom. The molecule has 4 aromatic rings. The Bertz CT molecular complexity index is 1420. The van der Waals surface area contributed by atoms with E-state index in [1.807, 2.05) is 0 Å². The van der Waals surface area contributed by atoms with Crippen molar-refractivity contribution >= 4 is 38.6 Å². The second-order valence-electron chi connectivity index (χ2n) is 7.34. The highest BCUT2D eigenvalue weighted by Gasteiger charge is 2.25. The van der Waals surface area contributed by atoms with Crippen molar-refractivity contribution in [3.05, 3.63) is 84.0 Å². The maximum atomic E-state index is 12.9. The van der Waals surface area contributed by atoms with Gasteiger partial charge in [0.05, 0.1) is 24.3 Å². The number of furan rings is 2. The Kier molecular flexibility index (Phi) is 6.53. The van der Waals surface area contributed by atoms with Crippen LogP contribution in [0.1, 0.15) is 33.6 Å². The number of esters is 1. The molecule has 0 saturated carbocycles. The lowest BCUT2D eigenvalue weighted by Crippen LogP contribution is -2.26. The summed E-state index contributed by atoms with van der Waals surface area (Å²) in [4.78, 5) is 25.3. The van der Waals surface area contributed by atoms with Crippen LogP contribution >= 0.6 is 0 Å². The van der Waals surface area contributed by atoms with Crippen molar-refractivity contribution in [3.63, 3.8) is 0 Å². The number of hydrogen-bond donors (Lipinski definition) is 1. The third kappa shape index (κ3) is 4.59. The molecular formula is C24H22N2O7S. The first kappa shape index (κ1) is 23.3. The Hall–Kier alpha value is -3.89. The van der Waals surface area contributed by atoms with Crippen molar-refractivity contribution in [3.8, 4) is 0 Å². The number of fused-ring (bicyclic) bond motifs is 1. The lowest BCUT2D eigenvalue weighted by Gasteiger charge is -2.16. The molecule has 0 spiro atoms. The third-order valence-corrected chi connectivity index (χ3v) is 6.90. The minimum absolute atomic E-state index is 0.0269. The summed E-state index contributed by atoms with van der Waals surface area (Å²) in [5.74, 6) is -0.845. The van der Waals surface area contributed by atoms with Gasteiger partial charge in [0.25, 0.3) is 5.91 Å². The first-order valence-electron chi connectivity index (χ1n) is 10.4. The largest absolute Gasteiger partial charge is 0.468 e. The van der Waals surface area contributed by atoms with Crippen molar-refractivity contribution in [2.75, 3.05) is 19.0 Å². The van der Waals surface area contributed by atoms with Crippen molar-refractivity contribution < 1.29 is 31.6 Å². The zero-order valence-corrected chi connectivity index (χ0v) is 19.3. The predicted octanol–water partition coefficient (Wildman–Crippen LogP) is 4.28. The molecule has 0 unspecified atom stereocenters. The van der Waals surface area contributed by atoms with Crippen molar-refractivity contribution in [2.24, 2.45) is 0 Å². The third-order valence-electron chi connectivity index (χ3n) is 5.08. The molecule has 10 heteroatoms. The van der Waals surface area contributed by atoms with E-state index in [0.29, 0.717) is 16.7 Å². The Balaban J connectivity index is 1.56. The monoisotopic (exact) mass is 482 g/mol. The van der Waals surface area contributed by atoms with Crippen LogP contribution in [-0.2, 0) is 21.3 Å². The maximum absolute atomic E-state index is 12.9. The second kappa shape index (κ2) is 9.54. The number of sulfonamides is 1. The molecule has 4 rings (SSSR count). The zero-order chi connectivity index (χ0) is 24.3. The van der Waals surface area contributed by atoms with Gasteiger partial charge in [-0.1, -0.05) is 12.1 Å². The van der Waals surface area contributed by atoms with Gasteiger partial charge in [-0.2, -0.15) is 4.31 Å². The van der Waals surface area contributed by atoms with E-state index in [-0.39, 0.29) is 35.1 Å². The van der Waals surface area contributed by atoms with Gasteiger partial charge in [-0.05, 0) is 55.5 Å². The van der Waals surface area contributed by atoms with Crippen LogP contribution in [0.4, 0.5) is 5.69 Å². The van der Waals surface area contributed by atoms with E-state index >= 15 is 0 Å². The number of benzene rings is 2. The summed E-state index contributed by atoms with van der Waals surface area (Å²) in [6.07, 6.45) is 1.47. The Labute approximate surface area is 196 Å². The van der Waals surface area contributed by atoms with Gasteiger partial charge in [-0.25, -0.2) is 13.2 Å². The topological polar surface area (TPSA) is 119 Å². The highest BCUT2D eigenvalue weighted by Crippen LogP contribution is 2.32. The summed E-state index contributed by atoms with van der Waals surface area (Å²) in [6.45, 7) is 1.88. The molecule has 0 saturated heterocycles. The molecule has 0 aliphatic rings. The number of nitrogens with zero attached hydrogens (tertiary/aromatic N) is 1. The molecule has 0 bridgehead atoms. The average Bonchev–Trinajstić information content (AvgIpc) is 3.47. The summed E-state index contributed by atoms with van der Waals surface area (Å²) < 4.78 is 42.7. The molecule has 0 aliphatic heterocycles. The molecule has 176 valence electrons. The van der Waals surface area contributed by atoms with Crippen molar-refractivity contribution in [1.82, 2.24) is 4.31 Å². The van der Waals surface area contributed by atoms with Gasteiger partial charge >= 0.3 is 5.97 Å². The van der Waals surface area contributed by atoms with Gasteiger partial charge in [0.1, 0.15) is 17.0 Å². The van der Waals surface area contributed by atoms with Crippen LogP contribution in [0, 0.1) is 0 Å². The van der Waals surface area contributed by atoms with Crippen LogP contribution in [0.15, 0.2) is 80.7 Å². The van der Waals surface area contributed by atoms with E-state index in [9.17, 15) is 18.0 Å². The van der Waals surface area contributed by atoms with Gasteiger partial charge in [0, 0.05) is 18.0 Å². The number of rotatable bonds is 8. The quantitative estimate of drug-likeness (QED) is 0.372. The van der Waals surface area contributed by atoms with Gasteiger partial charge in [0.15, 0.2) is 0 Å². The number of carbonyl (C=O) groups is 2. The van der Waals surface area contributed by atoms with Gasteiger partial charge in [0.2, 0.25) is 15.8 Å². The van der Waals surface area contributed by atoms with E-state index in [1.54, 1.807) is 43.3 Å². The average molecular weight is 483 g/mol. The molecule has 0 radical (unpaired) electrons. The van der Waals surface area contributed by atoms with Crippen molar-refractivity contribution in [1.29, 1.82) is 0 Å². The Morgan fingerprint density at radius 2 is 1.76 bits per heavy atom. The van der Waals surface area contributed by atoms with E-state index in [4.69, 9.17) is 13.6 Å². The normalized spacial score (nSPS) is 11.6. The lowest BCUT2D eigenvalue weighted by atomic mass is 10.2. The van der Waals surface area contributed by atoms with Crippen LogP contribution in [-0.4, -0.2) is 38.3 Å². The van der Waals surface area contributed by atoms with Crippen LogP contribution in [0.25, 0.3) is 11.0 Å². The summed E-state index contributed by atoms with van der Waals surface area (Å²) in [5, 5.41) is 3.23. The number of ether oxygens (including phenoxy) is 1. The molecule has 2 heterocycles. The van der Waals surface area contributed by atoms with Crippen LogP contribution < -0.4 is 5.32 Å². The summed E-state index contributed by atoms with van der Waals surface area (Å²) in [5.41, 5.74) is 0.809. The number of nitrogens with one attached hydrogen (secondary N) is 1. The van der Waals surface area contributed by atoms with Gasteiger partial charge in [-0.15, -0.1) is 0 Å². The fourth-order valence-electron chi connectivity index (χ4n) is 3.36. The molecule has 0 fully saturated rings. The SMILES string of the molecule is CCOC(=O)c1oc2ccccc2c1NC(=O)c1ccc(S(=O)(=O)N(C)Cc2ccco2)cc1. The first-order valence-corrected chi connectivity index (χ1v) is 11.8. The van der Waals surface area contributed by atoms with Gasteiger partial charge < -0.3 is 18.9 Å². The lowest BCUT2D eigenvalue weighted by molar-refractivity contribution is 0.0494. The number of carbonyl (C=O) groups excluding carboxylic acids is 2. The standard InChI is InChI=1S/C24H22N2O7S/c1-3-31-24(28)22-21(19-8-4-5-9-20(19)33-22)25-23(27)16-10-12-18(13-11-16)34(29,30)26(2)15-17-7-6-14-32-17/h4-14H,3,15H2,1-2H3,(H,25,27). The van der Waals surface area contributed by atoms with Gasteiger partial charge in [-0.3, -0.25) is 4.79 Å². The minimum Gasteiger partial charge on any atom is -0.468 e. The predicted molar refractivity (Wildman–Crippen MR) is 124 cm³/mol. The molecule has 2 aromatic heterocycles. The zero-order valence-electron chi connectivity index (χ0n) is 18.5. The Morgan fingerprint density at radius 3 is 2.44 bits per heavy atom. The number of hydrogen-bond acceptors (Lipinski definition) is 7. The van der Waals surface area contributed by atoms with Crippen LogP contribution in [0.5, 0.6) is 0 Å². The van der Waals surface area contributed by atoms with E-state index in [1.165, 1.54) is 37.6 Å². The number of para-hydroxylation sites is 1. The minimum atomic E-state index is -3.80. The molecule has 0 atom stereocenters. The molecule has 1 amide bonds. The first-order chi connectivity index (χ1) is 16.3. The van der Waals surface area contributed by atoms with E-state index < -0.39 is 21.9 Å². The smallest absolute Gasteiger partial charge is 0.376 e. The molecule has 9 nitrogen and oxygen atoms in total. The molecule has 34 heavy (non-hydrogen) atoms. The molecule has 0 aliphatic carbocycles. The summed E-state index contributed by atoms with van der Waals surface area (Å²) in [6, 6.07) is 15.7. The highest BCUT2D eigenvalue weighted by molar-refractivity contribution is 7.89.